The van der Waals surface area contributed by atoms with Crippen LogP contribution in [0.5, 0.6) is 0 Å². The summed E-state index contributed by atoms with van der Waals surface area (Å²) in [6, 6.07) is 2.05. The Morgan fingerprint density at radius 1 is 1.09 bits per heavy atom. The predicted octanol–water partition coefficient (Wildman–Crippen LogP) is 5.43. The zero-order valence-corrected chi connectivity index (χ0v) is 18.9. The SMILES string of the molecule is CCOC(OCC)c1c(S(=O)(=O)C(F)(F)F)c(C#N)nn1-c1c(Cl)cc(C(F)(F)F)cc1Cl. The normalized spacial score (nSPS) is 12.9. The van der Waals surface area contributed by atoms with E-state index in [-0.39, 0.29) is 13.2 Å². The Kier molecular flexibility index (Phi) is 7.97. The Morgan fingerprint density at radius 3 is 1.94 bits per heavy atom. The molecule has 0 bridgehead atoms. The fraction of sp³-hybridized carbons (Fsp3) is 0.412. The quantitative estimate of drug-likeness (QED) is 0.343. The molecule has 0 aliphatic carbocycles. The molecule has 1 heterocycles. The molecule has 182 valence electrons. The van der Waals surface area contributed by atoms with Gasteiger partial charge in [-0.05, 0) is 26.0 Å². The number of nitriles is 1. The van der Waals surface area contributed by atoms with Crippen molar-refractivity contribution in [1.29, 1.82) is 5.26 Å². The molecule has 2 aromatic rings. The molecule has 1 aromatic carbocycles. The highest BCUT2D eigenvalue weighted by atomic mass is 35.5. The summed E-state index contributed by atoms with van der Waals surface area (Å²) < 4.78 is 115. The molecular weight excluding hydrogens is 527 g/mol. The predicted molar refractivity (Wildman–Crippen MR) is 103 cm³/mol. The Bertz CT molecular complexity index is 1160. The van der Waals surface area contributed by atoms with Crippen LogP contribution in [0.2, 0.25) is 10.0 Å². The fourth-order valence-corrected chi connectivity index (χ4v) is 4.37. The summed E-state index contributed by atoms with van der Waals surface area (Å²) in [4.78, 5) is -1.60. The second-order valence-electron chi connectivity index (χ2n) is 6.06. The Labute approximate surface area is 193 Å². The van der Waals surface area contributed by atoms with E-state index in [1.165, 1.54) is 19.9 Å². The molecule has 0 amide bonds. The molecule has 0 unspecified atom stereocenters. The van der Waals surface area contributed by atoms with Crippen LogP contribution in [0, 0.1) is 11.3 Å². The number of sulfone groups is 1. The van der Waals surface area contributed by atoms with Gasteiger partial charge < -0.3 is 9.47 Å². The van der Waals surface area contributed by atoms with Crippen molar-refractivity contribution in [3.63, 3.8) is 0 Å². The minimum absolute atomic E-state index is 0.197. The van der Waals surface area contributed by atoms with E-state index in [0.29, 0.717) is 16.8 Å². The van der Waals surface area contributed by atoms with E-state index in [4.69, 9.17) is 32.7 Å². The van der Waals surface area contributed by atoms with E-state index in [2.05, 4.69) is 5.10 Å². The first-order chi connectivity index (χ1) is 15.1. The lowest BCUT2D eigenvalue weighted by molar-refractivity contribution is -0.145. The number of ether oxygens (including phenoxy) is 2. The maximum absolute atomic E-state index is 13.4. The van der Waals surface area contributed by atoms with Crippen LogP contribution in [0.15, 0.2) is 17.0 Å². The van der Waals surface area contributed by atoms with Crippen molar-refractivity contribution in [2.75, 3.05) is 13.2 Å². The van der Waals surface area contributed by atoms with Gasteiger partial charge in [0.15, 0.2) is 5.69 Å². The average molecular weight is 540 g/mol. The van der Waals surface area contributed by atoms with Crippen LogP contribution in [0.3, 0.4) is 0 Å². The number of rotatable bonds is 7. The van der Waals surface area contributed by atoms with Crippen molar-refractivity contribution in [3.8, 4) is 11.8 Å². The second kappa shape index (κ2) is 9.67. The van der Waals surface area contributed by atoms with Gasteiger partial charge >= 0.3 is 11.7 Å². The lowest BCUT2D eigenvalue weighted by Crippen LogP contribution is -2.26. The standard InChI is InChI=1S/C17H13Cl2F6N3O4S/c1-3-31-15(32-4-2)13-14(33(29,30)17(23,24)25)11(7-26)27-28(13)12-9(18)5-8(6-10(12)19)16(20,21)22/h5-6,15H,3-4H2,1-2H3. The van der Waals surface area contributed by atoms with Crippen molar-refractivity contribution >= 4 is 33.0 Å². The van der Waals surface area contributed by atoms with E-state index in [0.717, 1.165) is 0 Å². The fourth-order valence-electron chi connectivity index (χ4n) is 2.69. The maximum atomic E-state index is 13.4. The van der Waals surface area contributed by atoms with Crippen LogP contribution in [-0.2, 0) is 25.5 Å². The lowest BCUT2D eigenvalue weighted by Gasteiger charge is -2.21. The van der Waals surface area contributed by atoms with Gasteiger partial charge in [0.05, 0.1) is 15.6 Å². The van der Waals surface area contributed by atoms with Crippen LogP contribution >= 0.6 is 23.2 Å². The average Bonchev–Trinajstić information content (AvgIpc) is 3.05. The first-order valence-electron chi connectivity index (χ1n) is 8.75. The van der Waals surface area contributed by atoms with Gasteiger partial charge in [-0.2, -0.15) is 36.7 Å². The van der Waals surface area contributed by atoms with Gasteiger partial charge in [0.2, 0.25) is 6.29 Å². The molecular formula is C17H13Cl2F6N3O4S. The number of alkyl halides is 6. The van der Waals surface area contributed by atoms with E-state index >= 15 is 0 Å². The highest BCUT2D eigenvalue weighted by Crippen LogP contribution is 2.42. The van der Waals surface area contributed by atoms with Gasteiger partial charge in [-0.1, -0.05) is 23.2 Å². The zero-order valence-electron chi connectivity index (χ0n) is 16.6. The van der Waals surface area contributed by atoms with Gasteiger partial charge in [0.25, 0.3) is 9.84 Å². The smallest absolute Gasteiger partial charge is 0.347 e. The Morgan fingerprint density at radius 2 is 1.58 bits per heavy atom. The Balaban J connectivity index is 3.04. The topological polar surface area (TPSA) is 94.2 Å². The van der Waals surface area contributed by atoms with Gasteiger partial charge in [-0.25, -0.2) is 13.1 Å². The minimum Gasteiger partial charge on any atom is -0.347 e. The minimum atomic E-state index is -6.21. The van der Waals surface area contributed by atoms with Crippen LogP contribution in [0.4, 0.5) is 26.3 Å². The third-order valence-corrected chi connectivity index (χ3v) is 6.10. The van der Waals surface area contributed by atoms with Crippen LogP contribution in [0.1, 0.15) is 37.1 Å². The highest BCUT2D eigenvalue weighted by molar-refractivity contribution is 7.92. The molecule has 0 atom stereocenters. The Hall–Kier alpha value is -2.05. The molecule has 0 aliphatic rings. The van der Waals surface area contributed by atoms with E-state index in [9.17, 15) is 40.0 Å². The molecule has 0 saturated heterocycles. The largest absolute Gasteiger partial charge is 0.502 e. The molecule has 16 heteroatoms. The third-order valence-electron chi connectivity index (χ3n) is 3.97. The zero-order chi connectivity index (χ0) is 25.4. The molecule has 0 spiro atoms. The molecule has 0 fully saturated rings. The van der Waals surface area contributed by atoms with Gasteiger partial charge in [-0.3, -0.25) is 0 Å². The van der Waals surface area contributed by atoms with Crippen molar-refractivity contribution in [2.45, 2.75) is 36.7 Å². The highest BCUT2D eigenvalue weighted by Gasteiger charge is 2.52. The second-order valence-corrected chi connectivity index (χ2v) is 8.76. The molecule has 0 saturated carbocycles. The van der Waals surface area contributed by atoms with E-state index < -0.39 is 65.4 Å². The molecule has 33 heavy (non-hydrogen) atoms. The number of halogens is 8. The van der Waals surface area contributed by atoms with E-state index in [1.807, 2.05) is 0 Å². The summed E-state index contributed by atoms with van der Waals surface area (Å²) >= 11 is 11.9. The number of aromatic nitrogens is 2. The molecule has 1 aromatic heterocycles. The number of hydrogen-bond acceptors (Lipinski definition) is 6. The van der Waals surface area contributed by atoms with Crippen LogP contribution in [0.25, 0.3) is 5.69 Å². The van der Waals surface area contributed by atoms with Gasteiger partial charge in [-0.15, -0.1) is 0 Å². The first-order valence-corrected chi connectivity index (χ1v) is 11.0. The monoisotopic (exact) mass is 539 g/mol. The number of benzene rings is 1. The summed E-state index contributed by atoms with van der Waals surface area (Å²) in [5, 5.41) is 11.4. The summed E-state index contributed by atoms with van der Waals surface area (Å²) in [5.41, 5.74) is -9.94. The van der Waals surface area contributed by atoms with Crippen molar-refractivity contribution in [2.24, 2.45) is 0 Å². The summed E-state index contributed by atoms with van der Waals surface area (Å²) in [6.45, 7) is 2.43. The summed E-state index contributed by atoms with van der Waals surface area (Å²) in [5.74, 6) is 0. The lowest BCUT2D eigenvalue weighted by atomic mass is 10.2. The molecule has 2 rings (SSSR count). The molecule has 0 N–H and O–H groups in total. The van der Waals surface area contributed by atoms with Crippen LogP contribution in [-0.4, -0.2) is 36.9 Å². The first kappa shape index (κ1) is 27.2. The van der Waals surface area contributed by atoms with Crippen molar-refractivity contribution in [1.82, 2.24) is 9.78 Å². The number of nitrogens with zero attached hydrogens (tertiary/aromatic N) is 3. The van der Waals surface area contributed by atoms with E-state index in [1.54, 1.807) is 0 Å². The van der Waals surface area contributed by atoms with Crippen molar-refractivity contribution in [3.05, 3.63) is 39.1 Å². The molecule has 7 nitrogen and oxygen atoms in total. The molecule has 0 aliphatic heterocycles. The molecule has 0 radical (unpaired) electrons. The van der Waals surface area contributed by atoms with Gasteiger partial charge in [0.1, 0.15) is 22.3 Å². The van der Waals surface area contributed by atoms with Gasteiger partial charge in [0, 0.05) is 13.2 Å². The maximum Gasteiger partial charge on any atom is 0.502 e. The third kappa shape index (κ3) is 5.22. The summed E-state index contributed by atoms with van der Waals surface area (Å²) in [6.07, 6.45) is -6.71. The number of hydrogen-bond donors (Lipinski definition) is 0. The van der Waals surface area contributed by atoms with Crippen LogP contribution < -0.4 is 0 Å². The summed E-state index contributed by atoms with van der Waals surface area (Å²) in [7, 11) is -6.21. The van der Waals surface area contributed by atoms with Crippen molar-refractivity contribution < 1.29 is 44.2 Å².